The van der Waals surface area contributed by atoms with Gasteiger partial charge in [0.1, 0.15) is 0 Å². The van der Waals surface area contributed by atoms with Crippen molar-refractivity contribution in [1.29, 1.82) is 0 Å². The second-order valence-electron chi connectivity index (χ2n) is 7.94. The Morgan fingerprint density at radius 2 is 1.81 bits per heavy atom. The van der Waals surface area contributed by atoms with E-state index in [2.05, 4.69) is 24.9 Å². The van der Waals surface area contributed by atoms with Gasteiger partial charge in [-0.05, 0) is 37.7 Å². The van der Waals surface area contributed by atoms with E-state index < -0.39 is 11.1 Å². The second kappa shape index (κ2) is 5.90. The van der Waals surface area contributed by atoms with Gasteiger partial charge in [0, 0.05) is 39.1 Å². The Balaban J connectivity index is 1.42. The van der Waals surface area contributed by atoms with Crippen LogP contribution in [0.2, 0.25) is 0 Å². The average molecular weight is 369 g/mol. The summed E-state index contributed by atoms with van der Waals surface area (Å²) in [7, 11) is 1.99. The Morgan fingerprint density at radius 3 is 2.48 bits per heavy atom. The van der Waals surface area contributed by atoms with E-state index >= 15 is 0 Å². The summed E-state index contributed by atoms with van der Waals surface area (Å²) in [5.41, 5.74) is -1.13. The first-order valence-corrected chi connectivity index (χ1v) is 9.55. The molecular weight excluding hydrogens is 346 g/mol. The summed E-state index contributed by atoms with van der Waals surface area (Å²) < 4.78 is 2.95. The topological polar surface area (TPSA) is 89.2 Å². The summed E-state index contributed by atoms with van der Waals surface area (Å²) in [5, 5.41) is 4.56. The van der Waals surface area contributed by atoms with Crippen LogP contribution in [0.15, 0.2) is 28.0 Å². The van der Waals surface area contributed by atoms with E-state index in [0.29, 0.717) is 25.0 Å². The molecule has 0 N–H and O–H groups in total. The molecule has 5 rings (SSSR count). The molecule has 1 spiro atoms. The molecule has 27 heavy (non-hydrogen) atoms. The predicted molar refractivity (Wildman–Crippen MR) is 100 cm³/mol. The van der Waals surface area contributed by atoms with Crippen LogP contribution in [0.5, 0.6) is 0 Å². The molecule has 1 saturated carbocycles. The van der Waals surface area contributed by atoms with Crippen molar-refractivity contribution in [1.82, 2.24) is 24.3 Å². The largest absolute Gasteiger partial charge is 0.341 e. The highest BCUT2D eigenvalue weighted by molar-refractivity contribution is 5.41. The fourth-order valence-corrected chi connectivity index (χ4v) is 4.27. The third kappa shape index (κ3) is 2.64. The van der Waals surface area contributed by atoms with Crippen molar-refractivity contribution in [3.63, 3.8) is 0 Å². The Kier molecular flexibility index (Phi) is 3.60. The van der Waals surface area contributed by atoms with Crippen molar-refractivity contribution >= 4 is 11.9 Å². The van der Waals surface area contributed by atoms with Gasteiger partial charge in [-0.15, -0.1) is 5.10 Å². The van der Waals surface area contributed by atoms with Gasteiger partial charge < -0.3 is 9.80 Å². The number of hydrogen-bond acceptors (Lipinski definition) is 7. The highest BCUT2D eigenvalue weighted by Gasteiger charge is 2.46. The Bertz CT molecular complexity index is 971. The van der Waals surface area contributed by atoms with Gasteiger partial charge in [-0.1, -0.05) is 0 Å². The number of aromatic nitrogens is 5. The normalized spacial score (nSPS) is 20.9. The first-order valence-electron chi connectivity index (χ1n) is 9.55. The molecule has 2 aromatic heterocycles. The monoisotopic (exact) mass is 369 g/mol. The lowest BCUT2D eigenvalue weighted by Crippen LogP contribution is -2.53. The highest BCUT2D eigenvalue weighted by atomic mass is 16.2. The zero-order valence-corrected chi connectivity index (χ0v) is 15.4. The fourth-order valence-electron chi connectivity index (χ4n) is 4.27. The third-order valence-electron chi connectivity index (χ3n) is 6.24. The smallest absolute Gasteiger partial charge is 0.332 e. The number of rotatable bonds is 3. The highest BCUT2D eigenvalue weighted by Crippen LogP contribution is 2.38. The maximum absolute atomic E-state index is 12.7. The van der Waals surface area contributed by atoms with Gasteiger partial charge in [-0.2, -0.15) is 0 Å². The molecule has 1 saturated heterocycles. The van der Waals surface area contributed by atoms with E-state index in [9.17, 15) is 9.59 Å². The van der Waals surface area contributed by atoms with E-state index in [1.807, 2.05) is 13.1 Å². The summed E-state index contributed by atoms with van der Waals surface area (Å²) in [6.07, 6.45) is 7.46. The van der Waals surface area contributed by atoms with Crippen LogP contribution >= 0.6 is 0 Å². The number of piperidine rings is 1. The Labute approximate surface area is 156 Å². The van der Waals surface area contributed by atoms with E-state index in [4.69, 9.17) is 0 Å². The first-order chi connectivity index (χ1) is 13.1. The summed E-state index contributed by atoms with van der Waals surface area (Å²) in [4.78, 5) is 38.1. The van der Waals surface area contributed by atoms with Crippen molar-refractivity contribution in [3.05, 3.63) is 39.2 Å². The zero-order valence-electron chi connectivity index (χ0n) is 15.4. The molecule has 9 nitrogen and oxygen atoms in total. The van der Waals surface area contributed by atoms with Gasteiger partial charge in [-0.3, -0.25) is 14.2 Å². The number of fused-ring (bicyclic) bond motifs is 1. The third-order valence-corrected chi connectivity index (χ3v) is 6.24. The maximum atomic E-state index is 12.7. The molecule has 4 heterocycles. The lowest BCUT2D eigenvalue weighted by molar-refractivity contribution is 0.308. The van der Waals surface area contributed by atoms with E-state index in [1.54, 1.807) is 17.0 Å². The van der Waals surface area contributed by atoms with Crippen molar-refractivity contribution in [3.8, 4) is 0 Å². The summed E-state index contributed by atoms with van der Waals surface area (Å²) in [5.74, 6) is 1.85. The van der Waals surface area contributed by atoms with Crippen LogP contribution in [0.1, 0.15) is 25.7 Å². The number of anilines is 2. The van der Waals surface area contributed by atoms with Crippen LogP contribution in [-0.2, 0) is 13.1 Å². The van der Waals surface area contributed by atoms with Gasteiger partial charge in [-0.25, -0.2) is 14.6 Å². The van der Waals surface area contributed by atoms with Gasteiger partial charge in [0.2, 0.25) is 11.9 Å². The molecule has 0 aromatic carbocycles. The second-order valence-corrected chi connectivity index (χ2v) is 7.94. The minimum absolute atomic E-state index is 0.185. The minimum atomic E-state index is -0.494. The summed E-state index contributed by atoms with van der Waals surface area (Å²) >= 11 is 0. The van der Waals surface area contributed by atoms with Crippen molar-refractivity contribution in [2.45, 2.75) is 44.3 Å². The van der Waals surface area contributed by atoms with Crippen LogP contribution in [0, 0.1) is 5.92 Å². The number of nitrogens with zero attached hydrogens (tertiary/aromatic N) is 7. The Morgan fingerprint density at radius 1 is 1.11 bits per heavy atom. The molecule has 0 unspecified atom stereocenters. The van der Waals surface area contributed by atoms with Crippen LogP contribution in [-0.4, -0.2) is 50.0 Å². The molecule has 2 fully saturated rings. The molecule has 0 radical (unpaired) electrons. The van der Waals surface area contributed by atoms with E-state index in [-0.39, 0.29) is 5.54 Å². The average Bonchev–Trinajstić information content (AvgIpc) is 3.48. The number of hydrogen-bond donors (Lipinski definition) is 0. The zero-order chi connectivity index (χ0) is 18.6. The van der Waals surface area contributed by atoms with Crippen LogP contribution < -0.4 is 20.9 Å². The minimum Gasteiger partial charge on any atom is -0.341 e. The molecule has 3 aliphatic rings. The van der Waals surface area contributed by atoms with Crippen molar-refractivity contribution in [2.24, 2.45) is 5.92 Å². The first kappa shape index (κ1) is 16.5. The Hall–Kier alpha value is -2.71. The summed E-state index contributed by atoms with van der Waals surface area (Å²) in [6.45, 7) is 2.70. The molecule has 9 heteroatoms. The lowest BCUT2D eigenvalue weighted by atomic mass is 9.87. The molecule has 2 aromatic rings. The van der Waals surface area contributed by atoms with Gasteiger partial charge in [0.25, 0.3) is 0 Å². The molecule has 2 aliphatic heterocycles. The van der Waals surface area contributed by atoms with E-state index in [1.165, 1.54) is 4.68 Å². The van der Waals surface area contributed by atoms with Crippen molar-refractivity contribution in [2.75, 3.05) is 29.9 Å². The molecule has 142 valence electrons. The maximum Gasteiger partial charge on any atom is 0.332 e. The molecule has 0 atom stereocenters. The quantitative estimate of drug-likeness (QED) is 0.709. The fraction of sp³-hybridized carbons (Fsp3) is 0.611. The molecule has 0 bridgehead atoms. The molecule has 1 aliphatic carbocycles. The molecule has 0 amide bonds. The van der Waals surface area contributed by atoms with Crippen LogP contribution in [0.3, 0.4) is 0 Å². The van der Waals surface area contributed by atoms with Gasteiger partial charge in [0.15, 0.2) is 0 Å². The van der Waals surface area contributed by atoms with Crippen LogP contribution in [0.4, 0.5) is 11.9 Å². The van der Waals surface area contributed by atoms with E-state index in [0.717, 1.165) is 44.7 Å². The number of likely N-dealkylation sites (N-methyl/N-ethyl adjacent to an activating group) is 1. The van der Waals surface area contributed by atoms with Crippen molar-refractivity contribution < 1.29 is 0 Å². The summed E-state index contributed by atoms with van der Waals surface area (Å²) in [6, 6.07) is 1.81. The molecular formula is C18H23N7O2. The van der Waals surface area contributed by atoms with Gasteiger partial charge in [0.05, 0.1) is 12.1 Å². The predicted octanol–water partition coefficient (Wildman–Crippen LogP) is 0.0940. The van der Waals surface area contributed by atoms with Crippen LogP contribution in [0.25, 0.3) is 0 Å². The van der Waals surface area contributed by atoms with Gasteiger partial charge >= 0.3 is 11.1 Å². The lowest BCUT2D eigenvalue weighted by Gasteiger charge is -2.43. The standard InChI is InChI=1S/C18H23N7O2/c1-22-17-21-25(11-13-3-4-13)15(27)14(26)24(17)12-18(22)5-9-23(10-6-18)16-19-7-2-8-20-16/h2,7-8,13H,3-6,9-12H2,1H3. The SMILES string of the molecule is CN1c2nn(CC3CC3)c(=O)c(=O)n2CC12CCN(c1ncccn1)CC2.